The number of rotatable bonds is 3. The van der Waals surface area contributed by atoms with Gasteiger partial charge in [-0.05, 0) is 23.8 Å². The van der Waals surface area contributed by atoms with Crippen LogP contribution in [0, 0.1) is 0 Å². The lowest BCUT2D eigenvalue weighted by atomic mass is 10.1. The fourth-order valence-electron chi connectivity index (χ4n) is 1.96. The van der Waals surface area contributed by atoms with Gasteiger partial charge in [-0.2, -0.15) is 10.2 Å². The van der Waals surface area contributed by atoms with E-state index in [1.54, 1.807) is 48.8 Å². The molecule has 2 N–H and O–H groups in total. The van der Waals surface area contributed by atoms with Crippen LogP contribution in [-0.2, 0) is 0 Å². The van der Waals surface area contributed by atoms with E-state index in [1.165, 1.54) is 6.21 Å². The van der Waals surface area contributed by atoms with Crippen LogP contribution in [0.1, 0.15) is 16.1 Å². The van der Waals surface area contributed by atoms with Crippen LogP contribution in [0.25, 0.3) is 10.8 Å². The Morgan fingerprint density at radius 1 is 1.14 bits per heavy atom. The number of hydrazone groups is 1. The number of nitrogens with one attached hydrogen (secondary N) is 2. The van der Waals surface area contributed by atoms with Crippen molar-refractivity contribution in [3.63, 3.8) is 0 Å². The van der Waals surface area contributed by atoms with Crippen molar-refractivity contribution in [2.75, 3.05) is 0 Å². The maximum absolute atomic E-state index is 12.1. The third kappa shape index (κ3) is 2.73. The van der Waals surface area contributed by atoms with Crippen LogP contribution in [0.2, 0.25) is 0 Å². The summed E-state index contributed by atoms with van der Waals surface area (Å²) < 4.78 is 0. The molecule has 2 heterocycles. The summed E-state index contributed by atoms with van der Waals surface area (Å²) in [7, 11) is 0. The molecular formula is C15H11N5O2. The molecule has 7 nitrogen and oxygen atoms in total. The average molecular weight is 293 g/mol. The van der Waals surface area contributed by atoms with Gasteiger partial charge >= 0.3 is 0 Å². The molecule has 1 aromatic carbocycles. The van der Waals surface area contributed by atoms with Crippen LogP contribution < -0.4 is 11.0 Å². The van der Waals surface area contributed by atoms with Crippen molar-refractivity contribution in [3.8, 4) is 0 Å². The van der Waals surface area contributed by atoms with Gasteiger partial charge in [0.1, 0.15) is 0 Å². The van der Waals surface area contributed by atoms with Gasteiger partial charge in [-0.1, -0.05) is 18.2 Å². The molecule has 0 saturated heterocycles. The van der Waals surface area contributed by atoms with Crippen molar-refractivity contribution >= 4 is 22.9 Å². The molecule has 22 heavy (non-hydrogen) atoms. The Labute approximate surface area is 124 Å². The number of hydrogen-bond donors (Lipinski definition) is 2. The van der Waals surface area contributed by atoms with Crippen LogP contribution in [0.3, 0.4) is 0 Å². The van der Waals surface area contributed by atoms with Crippen molar-refractivity contribution in [3.05, 3.63) is 70.4 Å². The molecular weight excluding hydrogens is 282 g/mol. The number of pyridine rings is 1. The van der Waals surface area contributed by atoms with E-state index in [4.69, 9.17) is 0 Å². The molecule has 0 aliphatic carbocycles. The lowest BCUT2D eigenvalue weighted by Gasteiger charge is -2.02. The van der Waals surface area contributed by atoms with Gasteiger partial charge < -0.3 is 0 Å². The van der Waals surface area contributed by atoms with Crippen LogP contribution in [0.5, 0.6) is 0 Å². The first-order chi connectivity index (χ1) is 10.8. The zero-order chi connectivity index (χ0) is 15.4. The number of aromatic amines is 1. The maximum Gasteiger partial charge on any atom is 0.292 e. The summed E-state index contributed by atoms with van der Waals surface area (Å²) >= 11 is 0. The Morgan fingerprint density at radius 3 is 2.64 bits per heavy atom. The Bertz CT molecular complexity index is 902. The molecule has 0 fully saturated rings. The Balaban J connectivity index is 1.86. The van der Waals surface area contributed by atoms with Gasteiger partial charge in [0.25, 0.3) is 11.5 Å². The SMILES string of the molecule is O=C(N/N=C\c1ccncc1)c1n[nH]c(=O)c2ccccc12. The predicted octanol–water partition coefficient (Wildman–Crippen LogP) is 1.08. The standard InChI is InChI=1S/C15H11N5O2/c21-14-12-4-2-1-3-11(12)13(18-20-14)15(22)19-17-9-10-5-7-16-8-6-10/h1-9H,(H,19,22)(H,20,21)/b17-9-. The number of fused-ring (bicyclic) bond motifs is 1. The van der Waals surface area contributed by atoms with Crippen molar-refractivity contribution in [2.24, 2.45) is 5.10 Å². The molecule has 0 saturated carbocycles. The molecule has 0 aliphatic rings. The van der Waals surface area contributed by atoms with Crippen LogP contribution in [0.15, 0.2) is 58.7 Å². The van der Waals surface area contributed by atoms with Gasteiger partial charge in [-0.25, -0.2) is 10.5 Å². The molecule has 0 bridgehead atoms. The Hall–Kier alpha value is -3.35. The van der Waals surface area contributed by atoms with Gasteiger partial charge in [-0.3, -0.25) is 14.6 Å². The largest absolute Gasteiger partial charge is 0.292 e. The summed E-state index contributed by atoms with van der Waals surface area (Å²) in [5, 5.41) is 10.8. The van der Waals surface area contributed by atoms with Crippen molar-refractivity contribution in [1.82, 2.24) is 20.6 Å². The third-order valence-electron chi connectivity index (χ3n) is 3.00. The molecule has 108 valence electrons. The summed E-state index contributed by atoms with van der Waals surface area (Å²) in [4.78, 5) is 27.7. The van der Waals surface area contributed by atoms with E-state index in [0.717, 1.165) is 5.56 Å². The van der Waals surface area contributed by atoms with E-state index in [1.807, 2.05) is 0 Å². The van der Waals surface area contributed by atoms with Gasteiger partial charge in [0.05, 0.1) is 11.6 Å². The first-order valence-electron chi connectivity index (χ1n) is 6.46. The third-order valence-corrected chi connectivity index (χ3v) is 3.00. The van der Waals surface area contributed by atoms with Gasteiger partial charge in [0, 0.05) is 17.8 Å². The highest BCUT2D eigenvalue weighted by Crippen LogP contribution is 2.11. The number of nitrogens with zero attached hydrogens (tertiary/aromatic N) is 3. The molecule has 3 aromatic rings. The number of carbonyl (C=O) groups is 1. The lowest BCUT2D eigenvalue weighted by Crippen LogP contribution is -2.22. The summed E-state index contributed by atoms with van der Waals surface area (Å²) in [6, 6.07) is 10.3. The van der Waals surface area contributed by atoms with E-state index in [2.05, 4.69) is 25.7 Å². The Morgan fingerprint density at radius 2 is 1.86 bits per heavy atom. The second-order valence-electron chi connectivity index (χ2n) is 4.43. The van der Waals surface area contributed by atoms with E-state index >= 15 is 0 Å². The lowest BCUT2D eigenvalue weighted by molar-refractivity contribution is 0.0951. The van der Waals surface area contributed by atoms with E-state index in [0.29, 0.717) is 10.8 Å². The summed E-state index contributed by atoms with van der Waals surface area (Å²) in [5.74, 6) is -0.502. The topological polar surface area (TPSA) is 100 Å². The molecule has 2 aromatic heterocycles. The van der Waals surface area contributed by atoms with Crippen molar-refractivity contribution < 1.29 is 4.79 Å². The number of aromatic nitrogens is 3. The zero-order valence-corrected chi connectivity index (χ0v) is 11.4. The van der Waals surface area contributed by atoms with Crippen molar-refractivity contribution in [1.29, 1.82) is 0 Å². The minimum Gasteiger partial charge on any atom is -0.267 e. The van der Waals surface area contributed by atoms with E-state index in [9.17, 15) is 9.59 Å². The van der Waals surface area contributed by atoms with Gasteiger partial charge in [-0.15, -0.1) is 0 Å². The molecule has 0 radical (unpaired) electrons. The highest BCUT2D eigenvalue weighted by atomic mass is 16.2. The minimum atomic E-state index is -0.502. The highest BCUT2D eigenvalue weighted by molar-refractivity contribution is 6.04. The van der Waals surface area contributed by atoms with Crippen LogP contribution in [0.4, 0.5) is 0 Å². The monoisotopic (exact) mass is 293 g/mol. The average Bonchev–Trinajstić information content (AvgIpc) is 2.56. The normalized spacial score (nSPS) is 10.9. The number of carbonyl (C=O) groups excluding carboxylic acids is 1. The number of H-pyrrole nitrogens is 1. The molecule has 0 aliphatic heterocycles. The fourth-order valence-corrected chi connectivity index (χ4v) is 1.96. The van der Waals surface area contributed by atoms with Crippen molar-refractivity contribution in [2.45, 2.75) is 0 Å². The first-order valence-corrected chi connectivity index (χ1v) is 6.46. The number of hydrogen-bond acceptors (Lipinski definition) is 5. The van der Waals surface area contributed by atoms with E-state index < -0.39 is 5.91 Å². The molecule has 7 heteroatoms. The number of benzene rings is 1. The second-order valence-corrected chi connectivity index (χ2v) is 4.43. The minimum absolute atomic E-state index is 0.113. The summed E-state index contributed by atoms with van der Waals surface area (Å²) in [5.41, 5.74) is 2.96. The molecule has 1 amide bonds. The molecule has 0 atom stereocenters. The maximum atomic E-state index is 12.1. The highest BCUT2D eigenvalue weighted by Gasteiger charge is 2.12. The Kier molecular flexibility index (Phi) is 3.69. The quantitative estimate of drug-likeness (QED) is 0.557. The summed E-state index contributed by atoms with van der Waals surface area (Å²) in [6.07, 6.45) is 4.74. The van der Waals surface area contributed by atoms with Crippen LogP contribution >= 0.6 is 0 Å². The zero-order valence-electron chi connectivity index (χ0n) is 11.4. The molecule has 0 spiro atoms. The molecule has 0 unspecified atom stereocenters. The van der Waals surface area contributed by atoms with E-state index in [-0.39, 0.29) is 11.3 Å². The van der Waals surface area contributed by atoms with Crippen LogP contribution in [-0.4, -0.2) is 27.3 Å². The summed E-state index contributed by atoms with van der Waals surface area (Å²) in [6.45, 7) is 0. The fraction of sp³-hybridized carbons (Fsp3) is 0. The molecule has 3 rings (SSSR count). The first kappa shape index (κ1) is 13.6. The van der Waals surface area contributed by atoms with Gasteiger partial charge in [0.2, 0.25) is 0 Å². The number of amides is 1. The van der Waals surface area contributed by atoms with Gasteiger partial charge in [0.15, 0.2) is 5.69 Å². The predicted molar refractivity (Wildman–Crippen MR) is 81.7 cm³/mol. The smallest absolute Gasteiger partial charge is 0.267 e. The second kappa shape index (κ2) is 5.96.